The van der Waals surface area contributed by atoms with E-state index < -0.39 is 7.00 Å². The lowest BCUT2D eigenvalue weighted by Gasteiger charge is -1.91. The minimum absolute atomic E-state index is 0.410. The number of rotatable bonds is 0. The Kier molecular flexibility index (Phi) is 10.6. The lowest BCUT2D eigenvalue weighted by Crippen LogP contribution is -1.81. The minimum Gasteiger partial charge on any atom is -0.0926 e. The Balaban J connectivity index is 0. The molecule has 0 amide bonds. The molecule has 0 unspecified atom stereocenters. The van der Waals surface area contributed by atoms with Crippen molar-refractivity contribution in [3.63, 3.8) is 0 Å². The van der Waals surface area contributed by atoms with E-state index in [1.165, 1.54) is 0 Å². The zero-order valence-corrected chi connectivity index (χ0v) is 9.84. The Morgan fingerprint density at radius 2 is 1.00 bits per heavy atom. The molecule has 0 radical (unpaired) electrons. The number of hydrogen-bond donors (Lipinski definition) is 0. The molecule has 0 saturated carbocycles. The first-order valence-corrected chi connectivity index (χ1v) is 4.71. The highest BCUT2D eigenvalue weighted by Crippen LogP contribution is 2.29. The number of alkyl halides is 7. The predicted octanol–water partition coefficient (Wildman–Crippen LogP) is 4.70. The molecule has 0 fully saturated rings. The smallest absolute Gasteiger partial charge is 0.0926 e. The maximum Gasteiger partial charge on any atom is 0.266 e. The van der Waals surface area contributed by atoms with E-state index in [-0.39, 0.29) is 0 Å². The Labute approximate surface area is 91.8 Å². The quantitative estimate of drug-likeness (QED) is 0.568. The van der Waals surface area contributed by atoms with Crippen LogP contribution in [0.1, 0.15) is 0 Å². The first-order chi connectivity index (χ1) is 3.73. The van der Waals surface area contributed by atoms with Gasteiger partial charge >= 0.3 is 0 Å². The van der Waals surface area contributed by atoms with Crippen molar-refractivity contribution in [2.45, 2.75) is 7.00 Å². The van der Waals surface area contributed by atoms with Crippen molar-refractivity contribution in [1.29, 1.82) is 0 Å². The summed E-state index contributed by atoms with van der Waals surface area (Å²) in [5.74, 6) is 0. The van der Waals surface area contributed by atoms with Crippen molar-refractivity contribution < 1.29 is 0 Å². The zero-order valence-electron chi connectivity index (χ0n) is 3.72. The van der Waals surface area contributed by atoms with Crippen LogP contribution in [0.5, 0.6) is 0 Å². The van der Waals surface area contributed by atoms with E-state index in [9.17, 15) is 0 Å². The molecule has 0 N–H and O–H groups in total. The van der Waals surface area contributed by atoms with Gasteiger partial charge in [-0.2, -0.15) is 0 Å². The van der Waals surface area contributed by atoms with Gasteiger partial charge in [-0.25, -0.2) is 0 Å². The molecule has 7 heteroatoms. The molecule has 0 bridgehead atoms. The van der Waals surface area contributed by atoms with Crippen molar-refractivity contribution in [2.75, 3.05) is 0 Å². The van der Waals surface area contributed by atoms with Gasteiger partial charge in [0.1, 0.15) is 0 Å². The van der Waals surface area contributed by atoms with Gasteiger partial charge in [0, 0.05) is 0 Å². The molecule has 0 aliphatic carbocycles. The molecule has 0 saturated heterocycles. The molecule has 0 spiro atoms. The van der Waals surface area contributed by atoms with Gasteiger partial charge in [-0.1, -0.05) is 85.5 Å². The highest BCUT2D eigenvalue weighted by Gasteiger charge is 2.11. The van der Waals surface area contributed by atoms with E-state index in [1.807, 2.05) is 0 Å². The van der Waals surface area contributed by atoms with Gasteiger partial charge in [-0.05, 0) is 0 Å². The van der Waals surface area contributed by atoms with Crippen LogP contribution in [0, 0.1) is 0 Å². The fraction of sp³-hybridized carbons (Fsp3) is 1.00. The lowest BCUT2D eigenvalue weighted by atomic mass is 11.8. The Bertz CT molecular complexity index is 47.8. The molecule has 0 aromatic carbocycles. The van der Waals surface area contributed by atoms with Crippen LogP contribution >= 0.6 is 85.5 Å². The molecule has 0 aromatic rings. The summed E-state index contributed by atoms with van der Waals surface area (Å²) in [7, 11) is 0. The third-order valence-electron chi connectivity index (χ3n) is 0. The van der Waals surface area contributed by atoms with E-state index >= 15 is 0 Å². The molecule has 58 valence electrons. The van der Waals surface area contributed by atoms with Crippen molar-refractivity contribution in [2.24, 2.45) is 0 Å². The summed E-state index contributed by atoms with van der Waals surface area (Å²) in [6.07, 6.45) is 0. The molecule has 0 aliphatic rings. The first-order valence-electron chi connectivity index (χ1n) is 1.41. The Morgan fingerprint density at radius 3 is 1.00 bits per heavy atom. The van der Waals surface area contributed by atoms with Crippen LogP contribution in [0.4, 0.5) is 0 Å². The maximum absolute atomic E-state index is 4.96. The monoisotopic (exact) mass is 314 g/mol. The van der Waals surface area contributed by atoms with Crippen LogP contribution in [0.3, 0.4) is 0 Å². The van der Waals surface area contributed by atoms with Gasteiger partial charge in [-0.3, -0.25) is 0 Å². The third-order valence-corrected chi connectivity index (χ3v) is 0. The van der Waals surface area contributed by atoms with Gasteiger partial charge < -0.3 is 0 Å². The summed E-state index contributed by atoms with van der Waals surface area (Å²) in [5.41, 5.74) is 0. The average molecular weight is 318 g/mol. The Hall–Kier alpha value is 2.22. The molecule has 0 heterocycles. The third kappa shape index (κ3) is 140. The molecule has 0 aliphatic heterocycles. The van der Waals surface area contributed by atoms with Gasteiger partial charge in [0.15, 0.2) is 3.75 Å². The van der Waals surface area contributed by atoms with Crippen molar-refractivity contribution >= 4 is 85.5 Å². The summed E-state index contributed by atoms with van der Waals surface area (Å²) in [4.78, 5) is 0. The minimum atomic E-state index is -1.61. The van der Waals surface area contributed by atoms with Gasteiger partial charge in [0.05, 0.1) is 0 Å². The SMILES string of the molecule is ClC(Cl)(Cl)Cl.ClC(Cl)Br. The first kappa shape index (κ1) is 13.8. The number of hydrogen-bond acceptors (Lipinski definition) is 0. The molecular formula is C2HBrCl6. The van der Waals surface area contributed by atoms with Crippen LogP contribution in [-0.4, -0.2) is 7.00 Å². The van der Waals surface area contributed by atoms with Gasteiger partial charge in [0.25, 0.3) is 3.25 Å². The van der Waals surface area contributed by atoms with E-state index in [1.54, 1.807) is 0 Å². The fourth-order valence-electron chi connectivity index (χ4n) is 0. The largest absolute Gasteiger partial charge is 0.266 e. The summed E-state index contributed by atoms with van der Waals surface area (Å²) < 4.78 is -2.02. The second-order valence-corrected chi connectivity index (χ2v) is 7.17. The van der Waals surface area contributed by atoms with Crippen LogP contribution < -0.4 is 0 Å². The molecular weight excluding hydrogens is 317 g/mol. The second-order valence-electron chi connectivity index (χ2n) is 0.676. The van der Waals surface area contributed by atoms with E-state index in [4.69, 9.17) is 69.6 Å². The van der Waals surface area contributed by atoms with E-state index in [0.717, 1.165) is 0 Å². The van der Waals surface area contributed by atoms with Crippen LogP contribution in [-0.2, 0) is 0 Å². The highest BCUT2D eigenvalue weighted by molar-refractivity contribution is 9.10. The molecule has 0 atom stereocenters. The molecule has 0 nitrogen and oxygen atoms in total. The van der Waals surface area contributed by atoms with E-state index in [0.29, 0.717) is 0 Å². The summed E-state index contributed by atoms with van der Waals surface area (Å²) in [5, 5.41) is 0. The highest BCUT2D eigenvalue weighted by atomic mass is 79.9. The second kappa shape index (κ2) is 6.90. The van der Waals surface area contributed by atoms with Gasteiger partial charge in [-0.15, -0.1) is 0 Å². The van der Waals surface area contributed by atoms with Crippen molar-refractivity contribution in [1.82, 2.24) is 0 Å². The van der Waals surface area contributed by atoms with Crippen LogP contribution in [0.25, 0.3) is 0 Å². The fourth-order valence-corrected chi connectivity index (χ4v) is 0. The van der Waals surface area contributed by atoms with Crippen molar-refractivity contribution in [3.05, 3.63) is 0 Å². The average Bonchev–Trinajstić information content (AvgIpc) is 1.19. The Morgan fingerprint density at radius 1 is 1.00 bits per heavy atom. The predicted molar refractivity (Wildman–Crippen MR) is 50.6 cm³/mol. The molecule has 0 rings (SSSR count). The maximum atomic E-state index is 4.96. The summed E-state index contributed by atoms with van der Waals surface area (Å²) >= 11 is 32.0. The van der Waals surface area contributed by atoms with Gasteiger partial charge in [0.2, 0.25) is 0 Å². The molecule has 0 aromatic heterocycles. The standard InChI is InChI=1S/CHBrCl2.CCl4/c2-1(3)4;2-1(3,4)5/h1H;. The number of halogens is 7. The normalized spacial score (nSPS) is 10.7. The van der Waals surface area contributed by atoms with E-state index in [2.05, 4.69) is 15.9 Å². The zero-order chi connectivity index (χ0) is 8.08. The van der Waals surface area contributed by atoms with Crippen LogP contribution in [0.2, 0.25) is 0 Å². The lowest BCUT2D eigenvalue weighted by molar-refractivity contribution is 1.76. The summed E-state index contributed by atoms with van der Waals surface area (Å²) in [6, 6.07) is 0. The summed E-state index contributed by atoms with van der Waals surface area (Å²) in [6.45, 7) is 0. The molecule has 9 heavy (non-hydrogen) atoms. The topological polar surface area (TPSA) is 0 Å². The van der Waals surface area contributed by atoms with Crippen molar-refractivity contribution in [3.8, 4) is 0 Å². The van der Waals surface area contributed by atoms with Crippen LogP contribution in [0.15, 0.2) is 0 Å².